The fourth-order valence-corrected chi connectivity index (χ4v) is 4.69. The summed E-state index contributed by atoms with van der Waals surface area (Å²) in [7, 11) is 0. The van der Waals surface area contributed by atoms with Gasteiger partial charge in [0.1, 0.15) is 5.82 Å². The van der Waals surface area contributed by atoms with Crippen molar-refractivity contribution >= 4 is 29.0 Å². The van der Waals surface area contributed by atoms with Crippen molar-refractivity contribution in [2.24, 2.45) is 0 Å². The first-order chi connectivity index (χ1) is 12.3. The van der Waals surface area contributed by atoms with E-state index in [2.05, 4.69) is 43.5 Å². The number of nitrogens with zero attached hydrogens (tertiary/aromatic N) is 3. The minimum atomic E-state index is -0.0686. The Morgan fingerprint density at radius 2 is 2.24 bits per heavy atom. The molecule has 2 aromatic heterocycles. The molecule has 132 valence electrons. The number of carbonyl (C=O) groups is 1. The van der Waals surface area contributed by atoms with Crippen LogP contribution in [0.1, 0.15) is 48.8 Å². The molecule has 0 aromatic carbocycles. The molecule has 3 rings (SSSR count). The second-order valence-corrected chi connectivity index (χ2v) is 8.06. The summed E-state index contributed by atoms with van der Waals surface area (Å²) in [6.07, 6.45) is 12.1. The summed E-state index contributed by atoms with van der Waals surface area (Å²) in [4.78, 5) is 13.1. The van der Waals surface area contributed by atoms with Crippen molar-refractivity contribution in [2.75, 3.05) is 12.3 Å². The normalized spacial score (nSPS) is 15.0. The molecule has 1 aliphatic rings. The zero-order valence-electron chi connectivity index (χ0n) is 14.1. The van der Waals surface area contributed by atoms with Crippen molar-refractivity contribution in [3.05, 3.63) is 28.2 Å². The van der Waals surface area contributed by atoms with E-state index < -0.39 is 0 Å². The van der Waals surface area contributed by atoms with Gasteiger partial charge in [0.15, 0.2) is 5.16 Å². The maximum absolute atomic E-state index is 11.8. The number of rotatable bonds is 7. The van der Waals surface area contributed by atoms with Crippen LogP contribution in [0.15, 0.2) is 22.7 Å². The van der Waals surface area contributed by atoms with Crippen molar-refractivity contribution in [2.45, 2.75) is 49.7 Å². The van der Waals surface area contributed by atoms with Crippen LogP contribution in [0.4, 0.5) is 0 Å². The number of thiophene rings is 1. The summed E-state index contributed by atoms with van der Waals surface area (Å²) in [5, 5.41) is 14.4. The van der Waals surface area contributed by atoms with Crippen LogP contribution in [0.25, 0.3) is 0 Å². The molecule has 7 heteroatoms. The fraction of sp³-hybridized carbons (Fsp3) is 0.500. The van der Waals surface area contributed by atoms with Gasteiger partial charge in [-0.05, 0) is 24.3 Å². The van der Waals surface area contributed by atoms with E-state index in [1.807, 2.05) is 0 Å². The lowest BCUT2D eigenvalue weighted by atomic mass is 9.95. The predicted molar refractivity (Wildman–Crippen MR) is 102 cm³/mol. The van der Waals surface area contributed by atoms with Crippen LogP contribution in [0.2, 0.25) is 0 Å². The van der Waals surface area contributed by atoms with E-state index in [4.69, 9.17) is 6.42 Å². The van der Waals surface area contributed by atoms with Crippen molar-refractivity contribution in [1.82, 2.24) is 20.1 Å². The fourth-order valence-electron chi connectivity index (χ4n) is 3.13. The molecule has 0 unspecified atom stereocenters. The van der Waals surface area contributed by atoms with Gasteiger partial charge in [-0.3, -0.25) is 4.79 Å². The molecular formula is C18H22N4OS2. The molecule has 0 radical (unpaired) electrons. The minimum Gasteiger partial charge on any atom is -0.344 e. The number of amides is 1. The second kappa shape index (κ2) is 9.07. The molecule has 0 aliphatic heterocycles. The van der Waals surface area contributed by atoms with Crippen molar-refractivity contribution in [3.8, 4) is 12.3 Å². The molecule has 2 aromatic rings. The molecule has 0 saturated heterocycles. The number of hydrogen-bond donors (Lipinski definition) is 1. The lowest BCUT2D eigenvalue weighted by molar-refractivity contribution is -0.118. The number of terminal acetylenes is 1. The van der Waals surface area contributed by atoms with E-state index in [0.29, 0.717) is 11.8 Å². The van der Waals surface area contributed by atoms with Gasteiger partial charge in [-0.15, -0.1) is 28.0 Å². The standard InChI is InChI=1S/C18H22N4OS2/c1-2-10-19-17(23)13-25-18-21-20-16(12-15-9-6-11-24-15)22(18)14-7-4-3-5-8-14/h1,6,9,11,14H,3-5,7-8,10,12-13H2,(H,19,23). The third-order valence-electron chi connectivity index (χ3n) is 4.31. The Morgan fingerprint density at radius 1 is 1.40 bits per heavy atom. The maximum atomic E-state index is 11.8. The molecular weight excluding hydrogens is 352 g/mol. The van der Waals surface area contributed by atoms with Crippen LogP contribution < -0.4 is 5.32 Å². The summed E-state index contributed by atoms with van der Waals surface area (Å²) in [5.41, 5.74) is 0. The lowest BCUT2D eigenvalue weighted by Crippen LogP contribution is -2.25. The smallest absolute Gasteiger partial charge is 0.231 e. The van der Waals surface area contributed by atoms with Gasteiger partial charge in [-0.2, -0.15) is 0 Å². The zero-order valence-corrected chi connectivity index (χ0v) is 15.7. The molecule has 0 spiro atoms. The molecule has 0 bridgehead atoms. The maximum Gasteiger partial charge on any atom is 0.231 e. The number of aromatic nitrogens is 3. The Hall–Kier alpha value is -1.78. The third-order valence-corrected chi connectivity index (χ3v) is 6.13. The quantitative estimate of drug-likeness (QED) is 0.597. The highest BCUT2D eigenvalue weighted by Gasteiger charge is 2.23. The van der Waals surface area contributed by atoms with Gasteiger partial charge in [-0.1, -0.05) is 43.0 Å². The molecule has 1 fully saturated rings. The molecule has 1 saturated carbocycles. The lowest BCUT2D eigenvalue weighted by Gasteiger charge is -2.25. The number of thioether (sulfide) groups is 1. The van der Waals surface area contributed by atoms with E-state index in [0.717, 1.165) is 30.2 Å². The Balaban J connectivity index is 1.75. The van der Waals surface area contributed by atoms with E-state index >= 15 is 0 Å². The SMILES string of the molecule is C#CCNC(=O)CSc1nnc(Cc2cccs2)n1C1CCCCC1. The van der Waals surface area contributed by atoms with E-state index in [1.165, 1.54) is 35.9 Å². The molecule has 25 heavy (non-hydrogen) atoms. The zero-order chi connectivity index (χ0) is 17.5. The van der Waals surface area contributed by atoms with Gasteiger partial charge in [0, 0.05) is 17.3 Å². The summed E-state index contributed by atoms with van der Waals surface area (Å²) in [5.74, 6) is 3.66. The minimum absolute atomic E-state index is 0.0686. The first-order valence-electron chi connectivity index (χ1n) is 8.57. The average molecular weight is 375 g/mol. The highest BCUT2D eigenvalue weighted by Crippen LogP contribution is 2.33. The molecule has 5 nitrogen and oxygen atoms in total. The molecule has 2 heterocycles. The highest BCUT2D eigenvalue weighted by atomic mass is 32.2. The van der Waals surface area contributed by atoms with Crippen LogP contribution in [0, 0.1) is 12.3 Å². The summed E-state index contributed by atoms with van der Waals surface area (Å²) in [6.45, 7) is 0.262. The van der Waals surface area contributed by atoms with Gasteiger partial charge in [0.25, 0.3) is 0 Å². The van der Waals surface area contributed by atoms with Crippen LogP contribution in [0.3, 0.4) is 0 Å². The van der Waals surface area contributed by atoms with Gasteiger partial charge < -0.3 is 9.88 Å². The van der Waals surface area contributed by atoms with Gasteiger partial charge in [-0.25, -0.2) is 0 Å². The summed E-state index contributed by atoms with van der Waals surface area (Å²) >= 11 is 3.18. The largest absolute Gasteiger partial charge is 0.344 e. The van der Waals surface area contributed by atoms with E-state index in [-0.39, 0.29) is 12.5 Å². The van der Waals surface area contributed by atoms with Gasteiger partial charge >= 0.3 is 0 Å². The Bertz CT molecular complexity index is 727. The Kier molecular flexibility index (Phi) is 6.54. The number of nitrogens with one attached hydrogen (secondary N) is 1. The van der Waals surface area contributed by atoms with Crippen molar-refractivity contribution < 1.29 is 4.79 Å². The molecule has 1 amide bonds. The topological polar surface area (TPSA) is 59.8 Å². The second-order valence-electron chi connectivity index (χ2n) is 6.09. The summed E-state index contributed by atoms with van der Waals surface area (Å²) < 4.78 is 2.28. The highest BCUT2D eigenvalue weighted by molar-refractivity contribution is 7.99. The first-order valence-corrected chi connectivity index (χ1v) is 10.4. The third kappa shape index (κ3) is 4.86. The summed E-state index contributed by atoms with van der Waals surface area (Å²) in [6, 6.07) is 4.63. The monoisotopic (exact) mass is 374 g/mol. The predicted octanol–water partition coefficient (Wildman–Crippen LogP) is 3.28. The molecule has 0 atom stereocenters. The number of hydrogen-bond acceptors (Lipinski definition) is 5. The van der Waals surface area contributed by atoms with Crippen molar-refractivity contribution in [1.29, 1.82) is 0 Å². The van der Waals surface area contributed by atoms with Gasteiger partial charge in [0.05, 0.1) is 12.3 Å². The number of carbonyl (C=O) groups excluding carboxylic acids is 1. The van der Waals surface area contributed by atoms with E-state index in [9.17, 15) is 4.79 Å². The van der Waals surface area contributed by atoms with Crippen LogP contribution >= 0.6 is 23.1 Å². The molecule has 1 N–H and O–H groups in total. The molecule has 1 aliphatic carbocycles. The Labute approximate surface area is 156 Å². The van der Waals surface area contributed by atoms with Crippen LogP contribution in [-0.4, -0.2) is 33.0 Å². The Morgan fingerprint density at radius 3 is 2.96 bits per heavy atom. The van der Waals surface area contributed by atoms with Crippen molar-refractivity contribution in [3.63, 3.8) is 0 Å². The van der Waals surface area contributed by atoms with Crippen LogP contribution in [-0.2, 0) is 11.2 Å². The first kappa shape index (κ1) is 18.0. The average Bonchev–Trinajstić information content (AvgIpc) is 3.29. The van der Waals surface area contributed by atoms with Gasteiger partial charge in [0.2, 0.25) is 5.91 Å². The van der Waals surface area contributed by atoms with Crippen LogP contribution in [0.5, 0.6) is 0 Å². The van der Waals surface area contributed by atoms with E-state index in [1.54, 1.807) is 11.3 Å².